The lowest BCUT2D eigenvalue weighted by molar-refractivity contribution is -0.131. The molecule has 0 saturated carbocycles. The summed E-state index contributed by atoms with van der Waals surface area (Å²) in [4.78, 5) is 11.7. The van der Waals surface area contributed by atoms with Crippen LogP contribution in [0.2, 0.25) is 0 Å². The minimum Gasteiger partial charge on any atom is -0.493 e. The van der Waals surface area contributed by atoms with Crippen LogP contribution in [0.1, 0.15) is 70.6 Å². The Balaban J connectivity index is 2.32. The summed E-state index contributed by atoms with van der Waals surface area (Å²) in [6.45, 7) is 6.82. The monoisotopic (exact) mass is 402 g/mol. The average molecular weight is 403 g/mol. The lowest BCUT2D eigenvalue weighted by atomic mass is 10.1. The van der Waals surface area contributed by atoms with Crippen LogP contribution in [0.5, 0.6) is 5.75 Å². The molecule has 0 spiro atoms. The van der Waals surface area contributed by atoms with E-state index in [0.717, 1.165) is 29.2 Å². The van der Waals surface area contributed by atoms with E-state index >= 15 is 0 Å². The van der Waals surface area contributed by atoms with Crippen molar-refractivity contribution >= 4 is 23.4 Å². The quantitative estimate of drug-likeness (QED) is 0.200. The first-order valence-electron chi connectivity index (χ1n) is 10.2. The highest BCUT2D eigenvalue weighted by Crippen LogP contribution is 2.23. The van der Waals surface area contributed by atoms with Gasteiger partial charge in [-0.25, -0.2) is 4.79 Å². The molecule has 1 N–H and O–H groups in total. The van der Waals surface area contributed by atoms with E-state index in [1.807, 2.05) is 25.2 Å². The number of aliphatic carboxylic acids is 1. The Morgan fingerprint density at radius 3 is 2.50 bits per heavy atom. The summed E-state index contributed by atoms with van der Waals surface area (Å²) in [6, 6.07) is 2.07. The number of thiophene rings is 1. The molecule has 1 aromatic heterocycles. The van der Waals surface area contributed by atoms with Crippen molar-refractivity contribution in [3.8, 4) is 5.75 Å². The van der Waals surface area contributed by atoms with Gasteiger partial charge in [0.1, 0.15) is 5.75 Å². The van der Waals surface area contributed by atoms with E-state index in [9.17, 15) is 4.79 Å². The molecule has 0 aromatic carbocycles. The lowest BCUT2D eigenvalue weighted by Gasteiger charge is -2.03. The fraction of sp³-hybridized carbons (Fsp3) is 0.458. The molecule has 0 aliphatic rings. The van der Waals surface area contributed by atoms with Gasteiger partial charge in [-0.05, 0) is 38.0 Å². The zero-order valence-corrected chi connectivity index (χ0v) is 18.3. The van der Waals surface area contributed by atoms with Gasteiger partial charge in [-0.1, -0.05) is 75.3 Å². The van der Waals surface area contributed by atoms with Crippen molar-refractivity contribution < 1.29 is 14.6 Å². The van der Waals surface area contributed by atoms with Crippen LogP contribution < -0.4 is 4.74 Å². The van der Waals surface area contributed by atoms with E-state index < -0.39 is 5.97 Å². The molecule has 28 heavy (non-hydrogen) atoms. The van der Waals surface area contributed by atoms with Gasteiger partial charge in [0, 0.05) is 16.3 Å². The predicted octanol–water partition coefficient (Wildman–Crippen LogP) is 7.42. The van der Waals surface area contributed by atoms with E-state index in [-0.39, 0.29) is 0 Å². The molecule has 154 valence electrons. The van der Waals surface area contributed by atoms with Crippen molar-refractivity contribution in [3.05, 3.63) is 57.8 Å². The molecule has 0 bridgehead atoms. The second-order valence-corrected chi connectivity index (χ2v) is 7.93. The molecule has 0 radical (unpaired) electrons. The van der Waals surface area contributed by atoms with E-state index in [1.54, 1.807) is 24.3 Å². The normalized spacial score (nSPS) is 13.0. The van der Waals surface area contributed by atoms with Crippen LogP contribution >= 0.6 is 11.3 Å². The van der Waals surface area contributed by atoms with Gasteiger partial charge < -0.3 is 9.84 Å². The molecule has 1 rings (SSSR count). The lowest BCUT2D eigenvalue weighted by Crippen LogP contribution is -1.96. The van der Waals surface area contributed by atoms with Gasteiger partial charge in [0.15, 0.2) is 0 Å². The fourth-order valence-corrected chi connectivity index (χ4v) is 3.33. The third-order valence-corrected chi connectivity index (χ3v) is 5.07. The maximum absolute atomic E-state index is 10.6. The maximum atomic E-state index is 10.6. The number of hydrogen-bond donors (Lipinski definition) is 1. The fourth-order valence-electron chi connectivity index (χ4n) is 2.61. The standard InChI is InChI=1S/C24H34O3S/c1-4-5-6-7-8-9-10-16-27-22-18-23(28-19-22)15-14-20(2)12-11-13-21(3)17-24(25)26/h11-15,17-19H,4-10,16H2,1-3H3,(H,25,26)/b13-11+,15-14+,20-12+,21-17+. The second-order valence-electron chi connectivity index (χ2n) is 6.98. The number of allylic oxidation sites excluding steroid dienone is 6. The van der Waals surface area contributed by atoms with Crippen molar-refractivity contribution in [2.24, 2.45) is 0 Å². The first kappa shape index (κ1) is 24.0. The molecular formula is C24H34O3S. The third-order valence-electron chi connectivity index (χ3n) is 4.19. The number of rotatable bonds is 14. The minimum absolute atomic E-state index is 0.710. The molecule has 0 fully saturated rings. The van der Waals surface area contributed by atoms with E-state index in [1.165, 1.54) is 44.6 Å². The molecule has 4 heteroatoms. The molecule has 1 aromatic rings. The van der Waals surface area contributed by atoms with Gasteiger partial charge in [0.25, 0.3) is 0 Å². The summed E-state index contributed by atoms with van der Waals surface area (Å²) in [5.41, 5.74) is 1.81. The maximum Gasteiger partial charge on any atom is 0.328 e. The van der Waals surface area contributed by atoms with Crippen LogP contribution in [0.15, 0.2) is 53.0 Å². The summed E-state index contributed by atoms with van der Waals surface area (Å²) in [5.74, 6) is 0.0250. The zero-order chi connectivity index (χ0) is 20.6. The number of carbonyl (C=O) groups is 1. The Morgan fingerprint density at radius 2 is 1.79 bits per heavy atom. The Morgan fingerprint density at radius 1 is 1.07 bits per heavy atom. The van der Waals surface area contributed by atoms with Crippen molar-refractivity contribution in [1.29, 1.82) is 0 Å². The van der Waals surface area contributed by atoms with Gasteiger partial charge in [-0.2, -0.15) is 0 Å². The van der Waals surface area contributed by atoms with Crippen molar-refractivity contribution in [2.45, 2.75) is 65.7 Å². The molecule has 0 aliphatic heterocycles. The Bertz CT molecular complexity index is 692. The van der Waals surface area contributed by atoms with Crippen LogP contribution in [0.3, 0.4) is 0 Å². The summed E-state index contributed by atoms with van der Waals surface area (Å²) in [7, 11) is 0. The Labute approximate surface area is 174 Å². The summed E-state index contributed by atoms with van der Waals surface area (Å²) in [6.07, 6.45) is 20.0. The Kier molecular flexibility index (Phi) is 12.8. The average Bonchev–Trinajstić information content (AvgIpc) is 3.09. The van der Waals surface area contributed by atoms with Crippen molar-refractivity contribution in [2.75, 3.05) is 6.61 Å². The second kappa shape index (κ2) is 14.9. The molecule has 0 saturated heterocycles. The van der Waals surface area contributed by atoms with Gasteiger partial charge in [-0.15, -0.1) is 11.3 Å². The highest BCUT2D eigenvalue weighted by molar-refractivity contribution is 7.11. The number of unbranched alkanes of at least 4 members (excludes halogenated alkanes) is 6. The van der Waals surface area contributed by atoms with Crippen LogP contribution in [0.25, 0.3) is 6.08 Å². The Hall–Kier alpha value is -2.07. The highest BCUT2D eigenvalue weighted by Gasteiger charge is 1.98. The largest absolute Gasteiger partial charge is 0.493 e. The number of carboxylic acids is 1. The predicted molar refractivity (Wildman–Crippen MR) is 121 cm³/mol. The summed E-state index contributed by atoms with van der Waals surface area (Å²) >= 11 is 1.67. The van der Waals surface area contributed by atoms with Gasteiger partial charge in [0.05, 0.1) is 6.61 Å². The highest BCUT2D eigenvalue weighted by atomic mass is 32.1. The van der Waals surface area contributed by atoms with Crippen LogP contribution in [-0.4, -0.2) is 17.7 Å². The zero-order valence-electron chi connectivity index (χ0n) is 17.4. The number of ether oxygens (including phenoxy) is 1. The molecule has 1 heterocycles. The number of hydrogen-bond acceptors (Lipinski definition) is 3. The van der Waals surface area contributed by atoms with Crippen molar-refractivity contribution in [1.82, 2.24) is 0 Å². The van der Waals surface area contributed by atoms with Crippen LogP contribution in [0, 0.1) is 0 Å². The van der Waals surface area contributed by atoms with Crippen molar-refractivity contribution in [3.63, 3.8) is 0 Å². The van der Waals surface area contributed by atoms with Gasteiger partial charge in [-0.3, -0.25) is 0 Å². The molecule has 0 aliphatic carbocycles. The number of carboxylic acid groups (broad SMARTS) is 1. The van der Waals surface area contributed by atoms with E-state index in [2.05, 4.69) is 24.4 Å². The topological polar surface area (TPSA) is 46.5 Å². The molecular weight excluding hydrogens is 368 g/mol. The molecule has 0 atom stereocenters. The van der Waals surface area contributed by atoms with Crippen LogP contribution in [-0.2, 0) is 4.79 Å². The summed E-state index contributed by atoms with van der Waals surface area (Å²) < 4.78 is 5.84. The minimum atomic E-state index is -0.926. The van der Waals surface area contributed by atoms with Gasteiger partial charge >= 0.3 is 5.97 Å². The molecule has 3 nitrogen and oxygen atoms in total. The van der Waals surface area contributed by atoms with E-state index in [4.69, 9.17) is 9.84 Å². The molecule has 0 unspecified atom stereocenters. The molecule has 0 amide bonds. The third kappa shape index (κ3) is 12.3. The summed E-state index contributed by atoms with van der Waals surface area (Å²) in [5, 5.41) is 10.7. The van der Waals surface area contributed by atoms with E-state index in [0.29, 0.717) is 5.57 Å². The smallest absolute Gasteiger partial charge is 0.328 e. The van der Waals surface area contributed by atoms with Gasteiger partial charge in [0.2, 0.25) is 0 Å². The first-order valence-corrected chi connectivity index (χ1v) is 11.0. The SMILES string of the molecule is CCCCCCCCCOc1csc(/C=C/C(C)=C/C=C/C(C)=C/C(=O)O)c1. The van der Waals surface area contributed by atoms with Crippen LogP contribution in [0.4, 0.5) is 0 Å². The first-order chi connectivity index (χ1) is 13.5.